The molecule has 0 saturated carbocycles. The predicted molar refractivity (Wildman–Crippen MR) is 151 cm³/mol. The molecule has 0 saturated heterocycles. The van der Waals surface area contributed by atoms with Crippen molar-refractivity contribution in [3.8, 4) is 28.3 Å². The molecule has 0 atom stereocenters. The lowest BCUT2D eigenvalue weighted by Gasteiger charge is -2.09. The first-order valence-corrected chi connectivity index (χ1v) is 13.8. The molecule has 192 valence electrons. The molecule has 0 amide bonds. The molecule has 4 rings (SSSR count). The number of esters is 1. The standard InChI is InChI=1S/C31H34N2O3S/c1-23(2)22-36-30(34)26-16-18-27(19-17-26)35-20-10-5-11-21-37-31-32-28(24-12-6-3-7-13-24)29(33-31)25-14-8-4-9-15-25/h3-4,6-9,12-19,23H,5,10-11,20-22H2,1-2H3,(H,32,33). The molecular formula is C31H34N2O3S. The average molecular weight is 515 g/mol. The SMILES string of the molecule is CC(C)COC(=O)c1ccc(OCCCCCSc2nc(-c3ccccc3)c(-c3ccccc3)[nH]2)cc1. The van der Waals surface area contributed by atoms with Gasteiger partial charge in [-0.05, 0) is 49.4 Å². The van der Waals surface area contributed by atoms with Crippen LogP contribution in [-0.2, 0) is 4.74 Å². The predicted octanol–water partition coefficient (Wildman–Crippen LogP) is 7.90. The van der Waals surface area contributed by atoms with Crippen molar-refractivity contribution >= 4 is 17.7 Å². The average Bonchev–Trinajstić information content (AvgIpc) is 3.37. The fourth-order valence-electron chi connectivity index (χ4n) is 3.79. The highest BCUT2D eigenvalue weighted by Crippen LogP contribution is 2.32. The minimum Gasteiger partial charge on any atom is -0.494 e. The first-order chi connectivity index (χ1) is 18.1. The van der Waals surface area contributed by atoms with E-state index in [4.69, 9.17) is 14.5 Å². The van der Waals surface area contributed by atoms with Crippen LogP contribution in [0.25, 0.3) is 22.5 Å². The Labute approximate surface area is 223 Å². The number of imidazole rings is 1. The second kappa shape index (κ2) is 13.7. The molecule has 0 spiro atoms. The third-order valence-corrected chi connectivity index (χ3v) is 6.69. The molecule has 5 nitrogen and oxygen atoms in total. The van der Waals surface area contributed by atoms with E-state index in [-0.39, 0.29) is 5.97 Å². The summed E-state index contributed by atoms with van der Waals surface area (Å²) in [6.45, 7) is 5.11. The van der Waals surface area contributed by atoms with Crippen LogP contribution >= 0.6 is 11.8 Å². The first-order valence-electron chi connectivity index (χ1n) is 12.8. The summed E-state index contributed by atoms with van der Waals surface area (Å²) >= 11 is 1.76. The third-order valence-electron chi connectivity index (χ3n) is 5.73. The molecule has 1 N–H and O–H groups in total. The maximum atomic E-state index is 12.0. The zero-order chi connectivity index (χ0) is 25.9. The summed E-state index contributed by atoms with van der Waals surface area (Å²) in [5.41, 5.74) is 4.85. The third kappa shape index (κ3) is 7.99. The van der Waals surface area contributed by atoms with Gasteiger partial charge < -0.3 is 14.5 Å². The number of benzene rings is 3. The molecule has 1 heterocycles. The van der Waals surface area contributed by atoms with Crippen LogP contribution in [0, 0.1) is 5.92 Å². The van der Waals surface area contributed by atoms with Crippen molar-refractivity contribution in [1.29, 1.82) is 0 Å². The van der Waals surface area contributed by atoms with E-state index in [2.05, 4.69) is 41.4 Å². The summed E-state index contributed by atoms with van der Waals surface area (Å²) in [6.07, 6.45) is 3.13. The van der Waals surface area contributed by atoms with Crippen molar-refractivity contribution in [3.05, 3.63) is 90.5 Å². The molecule has 0 fully saturated rings. The molecule has 6 heteroatoms. The van der Waals surface area contributed by atoms with E-state index in [1.807, 2.05) is 50.2 Å². The van der Waals surface area contributed by atoms with Gasteiger partial charge in [0, 0.05) is 16.9 Å². The first kappa shape index (κ1) is 26.6. The Balaban J connectivity index is 1.20. The lowest BCUT2D eigenvalue weighted by atomic mass is 10.1. The van der Waals surface area contributed by atoms with Gasteiger partial charge in [-0.25, -0.2) is 9.78 Å². The van der Waals surface area contributed by atoms with Gasteiger partial charge in [-0.1, -0.05) is 86.3 Å². The highest BCUT2D eigenvalue weighted by atomic mass is 32.2. The maximum absolute atomic E-state index is 12.0. The van der Waals surface area contributed by atoms with Gasteiger partial charge in [0.1, 0.15) is 5.75 Å². The van der Waals surface area contributed by atoms with Gasteiger partial charge in [0.25, 0.3) is 0 Å². The number of nitrogens with one attached hydrogen (secondary N) is 1. The smallest absolute Gasteiger partial charge is 0.338 e. The van der Waals surface area contributed by atoms with Gasteiger partial charge in [-0.3, -0.25) is 0 Å². The van der Waals surface area contributed by atoms with Crippen molar-refractivity contribution in [2.75, 3.05) is 19.0 Å². The van der Waals surface area contributed by atoms with Gasteiger partial charge in [-0.15, -0.1) is 0 Å². The van der Waals surface area contributed by atoms with E-state index in [1.165, 1.54) is 0 Å². The van der Waals surface area contributed by atoms with E-state index in [1.54, 1.807) is 23.9 Å². The molecule has 0 bridgehead atoms. The minimum absolute atomic E-state index is 0.291. The summed E-state index contributed by atoms with van der Waals surface area (Å²) in [5.74, 6) is 1.79. The number of carbonyl (C=O) groups is 1. The van der Waals surface area contributed by atoms with Gasteiger partial charge in [0.05, 0.1) is 30.2 Å². The number of carbonyl (C=O) groups excluding carboxylic acids is 1. The van der Waals surface area contributed by atoms with Crippen molar-refractivity contribution in [1.82, 2.24) is 9.97 Å². The van der Waals surface area contributed by atoms with Crippen molar-refractivity contribution in [3.63, 3.8) is 0 Å². The summed E-state index contributed by atoms with van der Waals surface area (Å²) in [5, 5.41) is 0.945. The number of rotatable bonds is 13. The Morgan fingerprint density at radius 2 is 1.54 bits per heavy atom. The molecule has 4 aromatic rings. The molecule has 1 aromatic heterocycles. The largest absolute Gasteiger partial charge is 0.494 e. The Kier molecular flexibility index (Phi) is 9.83. The van der Waals surface area contributed by atoms with Crippen LogP contribution in [0.5, 0.6) is 5.75 Å². The Morgan fingerprint density at radius 1 is 0.865 bits per heavy atom. The molecule has 0 aliphatic rings. The minimum atomic E-state index is -0.291. The summed E-state index contributed by atoms with van der Waals surface area (Å²) in [4.78, 5) is 20.5. The summed E-state index contributed by atoms with van der Waals surface area (Å²) < 4.78 is 11.1. The molecule has 0 aliphatic heterocycles. The van der Waals surface area contributed by atoms with E-state index >= 15 is 0 Å². The van der Waals surface area contributed by atoms with Crippen LogP contribution in [0.1, 0.15) is 43.5 Å². The van der Waals surface area contributed by atoms with Gasteiger partial charge >= 0.3 is 5.97 Å². The van der Waals surface area contributed by atoms with E-state index in [0.29, 0.717) is 24.7 Å². The zero-order valence-electron chi connectivity index (χ0n) is 21.5. The number of ether oxygens (including phenoxy) is 2. The van der Waals surface area contributed by atoms with Crippen molar-refractivity contribution in [2.24, 2.45) is 5.92 Å². The van der Waals surface area contributed by atoms with E-state index < -0.39 is 0 Å². The number of aromatic nitrogens is 2. The quantitative estimate of drug-likeness (QED) is 0.112. The topological polar surface area (TPSA) is 64.2 Å². The highest BCUT2D eigenvalue weighted by Gasteiger charge is 2.14. The van der Waals surface area contributed by atoms with E-state index in [0.717, 1.165) is 58.4 Å². The molecule has 37 heavy (non-hydrogen) atoms. The van der Waals surface area contributed by atoms with Crippen LogP contribution < -0.4 is 4.74 Å². The number of aromatic amines is 1. The monoisotopic (exact) mass is 514 g/mol. The second-order valence-electron chi connectivity index (χ2n) is 9.27. The number of H-pyrrole nitrogens is 1. The molecule has 3 aromatic carbocycles. The normalized spacial score (nSPS) is 11.0. The van der Waals surface area contributed by atoms with Crippen LogP contribution in [0.3, 0.4) is 0 Å². The van der Waals surface area contributed by atoms with Gasteiger partial charge in [0.15, 0.2) is 5.16 Å². The van der Waals surface area contributed by atoms with Gasteiger partial charge in [-0.2, -0.15) is 0 Å². The fraction of sp³-hybridized carbons (Fsp3) is 0.290. The van der Waals surface area contributed by atoms with Crippen LogP contribution in [-0.4, -0.2) is 34.9 Å². The van der Waals surface area contributed by atoms with Crippen LogP contribution in [0.4, 0.5) is 0 Å². The molecule has 0 unspecified atom stereocenters. The molecule has 0 aliphatic carbocycles. The number of unbranched alkanes of at least 4 members (excludes halogenated alkanes) is 2. The number of nitrogens with zero attached hydrogens (tertiary/aromatic N) is 1. The van der Waals surface area contributed by atoms with Crippen LogP contribution in [0.2, 0.25) is 0 Å². The lowest BCUT2D eigenvalue weighted by molar-refractivity contribution is 0.0459. The highest BCUT2D eigenvalue weighted by molar-refractivity contribution is 7.99. The summed E-state index contributed by atoms with van der Waals surface area (Å²) in [7, 11) is 0. The van der Waals surface area contributed by atoms with Crippen molar-refractivity contribution in [2.45, 2.75) is 38.3 Å². The maximum Gasteiger partial charge on any atom is 0.338 e. The number of hydrogen-bond acceptors (Lipinski definition) is 5. The Bertz CT molecular complexity index is 1180. The Morgan fingerprint density at radius 3 is 2.22 bits per heavy atom. The zero-order valence-corrected chi connectivity index (χ0v) is 22.3. The van der Waals surface area contributed by atoms with E-state index in [9.17, 15) is 4.79 Å². The molecule has 0 radical (unpaired) electrons. The van der Waals surface area contributed by atoms with Crippen molar-refractivity contribution < 1.29 is 14.3 Å². The number of thioether (sulfide) groups is 1. The lowest BCUT2D eigenvalue weighted by Crippen LogP contribution is -2.10. The summed E-state index contributed by atoms with van der Waals surface area (Å²) in [6, 6.07) is 27.8. The molecular weight excluding hydrogens is 480 g/mol. The Hall–Kier alpha value is -3.51. The fourth-order valence-corrected chi connectivity index (χ4v) is 4.66. The van der Waals surface area contributed by atoms with Gasteiger partial charge in [0.2, 0.25) is 0 Å². The number of hydrogen-bond donors (Lipinski definition) is 1. The van der Waals surface area contributed by atoms with Crippen LogP contribution in [0.15, 0.2) is 90.1 Å². The second-order valence-corrected chi connectivity index (χ2v) is 10.4.